The molecule has 2 aromatic rings. The predicted molar refractivity (Wildman–Crippen MR) is 107 cm³/mol. The first-order chi connectivity index (χ1) is 13.0. The molecule has 0 spiro atoms. The summed E-state index contributed by atoms with van der Waals surface area (Å²) < 4.78 is 4.69. The Hall–Kier alpha value is -2.93. The summed E-state index contributed by atoms with van der Waals surface area (Å²) in [4.78, 5) is 35.3. The first kappa shape index (κ1) is 18.8. The number of aliphatic imine (C=N–C) groups is 1. The minimum Gasteiger partial charge on any atom is -0.465 e. The minimum atomic E-state index is -0.391. The number of amidine groups is 1. The van der Waals surface area contributed by atoms with Crippen molar-refractivity contribution in [1.29, 1.82) is 0 Å². The highest BCUT2D eigenvalue weighted by molar-refractivity contribution is 8.18. The number of esters is 1. The van der Waals surface area contributed by atoms with Gasteiger partial charge >= 0.3 is 5.97 Å². The van der Waals surface area contributed by atoms with Crippen LogP contribution in [-0.2, 0) is 9.53 Å². The number of likely N-dealkylation sites (N-methyl/N-ethyl adjacent to an activating group) is 1. The standard InChI is InChI=1S/C20H19N3O3S/c1-4-23-18(24)16(12-14-8-10-15(11-9-14)19(25)26-3)27-20(23)22-17-7-5-6-13(2)21-17/h5-12H,4H2,1-3H3/b16-12-,22-20+. The Kier molecular flexibility index (Phi) is 5.71. The van der Waals surface area contributed by atoms with E-state index in [4.69, 9.17) is 4.74 Å². The number of nitrogens with zero attached hydrogens (tertiary/aromatic N) is 3. The molecule has 0 bridgehead atoms. The van der Waals surface area contributed by atoms with Crippen LogP contribution in [0.3, 0.4) is 0 Å². The Morgan fingerprint density at radius 1 is 1.26 bits per heavy atom. The molecular weight excluding hydrogens is 362 g/mol. The van der Waals surface area contributed by atoms with Gasteiger partial charge in [0.15, 0.2) is 11.0 Å². The van der Waals surface area contributed by atoms with E-state index >= 15 is 0 Å². The van der Waals surface area contributed by atoms with Crippen molar-refractivity contribution in [3.8, 4) is 0 Å². The van der Waals surface area contributed by atoms with Gasteiger partial charge in [0.1, 0.15) is 0 Å². The Balaban J connectivity index is 1.87. The number of aromatic nitrogens is 1. The fourth-order valence-corrected chi connectivity index (χ4v) is 3.59. The molecule has 1 aliphatic rings. The molecule has 0 unspecified atom stereocenters. The van der Waals surface area contributed by atoms with Gasteiger partial charge in [0.2, 0.25) is 0 Å². The van der Waals surface area contributed by atoms with E-state index in [2.05, 4.69) is 9.98 Å². The zero-order chi connectivity index (χ0) is 19.4. The van der Waals surface area contributed by atoms with Gasteiger partial charge in [0, 0.05) is 12.2 Å². The summed E-state index contributed by atoms with van der Waals surface area (Å²) in [6.45, 7) is 4.33. The number of rotatable bonds is 4. The number of carbonyl (C=O) groups excluding carboxylic acids is 2. The molecule has 1 amide bonds. The number of ether oxygens (including phenoxy) is 1. The number of carbonyl (C=O) groups is 2. The van der Waals surface area contributed by atoms with E-state index in [-0.39, 0.29) is 5.91 Å². The Morgan fingerprint density at radius 3 is 2.63 bits per heavy atom. The van der Waals surface area contributed by atoms with Gasteiger partial charge in [-0.15, -0.1) is 0 Å². The van der Waals surface area contributed by atoms with Crippen LogP contribution in [0.2, 0.25) is 0 Å². The van der Waals surface area contributed by atoms with Crippen molar-refractivity contribution in [2.24, 2.45) is 4.99 Å². The van der Waals surface area contributed by atoms with E-state index in [0.29, 0.717) is 28.0 Å². The monoisotopic (exact) mass is 381 g/mol. The fraction of sp³-hybridized carbons (Fsp3) is 0.200. The van der Waals surface area contributed by atoms with Gasteiger partial charge in [0.05, 0.1) is 17.6 Å². The van der Waals surface area contributed by atoms with Crippen LogP contribution < -0.4 is 0 Å². The molecule has 27 heavy (non-hydrogen) atoms. The highest BCUT2D eigenvalue weighted by atomic mass is 32.2. The number of pyridine rings is 1. The summed E-state index contributed by atoms with van der Waals surface area (Å²) in [5.41, 5.74) is 2.16. The van der Waals surface area contributed by atoms with Crippen molar-refractivity contribution in [1.82, 2.24) is 9.88 Å². The molecule has 7 heteroatoms. The van der Waals surface area contributed by atoms with Crippen molar-refractivity contribution < 1.29 is 14.3 Å². The summed E-state index contributed by atoms with van der Waals surface area (Å²) in [6.07, 6.45) is 1.79. The van der Waals surface area contributed by atoms with E-state index in [1.807, 2.05) is 32.0 Å². The number of aryl methyl sites for hydroxylation is 1. The topological polar surface area (TPSA) is 71.9 Å². The maximum atomic E-state index is 12.7. The van der Waals surface area contributed by atoms with Crippen molar-refractivity contribution >= 4 is 40.7 Å². The van der Waals surface area contributed by atoms with E-state index < -0.39 is 5.97 Å². The number of amides is 1. The van der Waals surface area contributed by atoms with Gasteiger partial charge < -0.3 is 4.74 Å². The zero-order valence-corrected chi connectivity index (χ0v) is 16.1. The van der Waals surface area contributed by atoms with Gasteiger partial charge in [-0.05, 0) is 61.5 Å². The highest BCUT2D eigenvalue weighted by Gasteiger charge is 2.32. The van der Waals surface area contributed by atoms with Crippen LogP contribution in [0.1, 0.15) is 28.5 Å². The maximum absolute atomic E-state index is 12.7. The van der Waals surface area contributed by atoms with E-state index in [1.54, 1.807) is 35.2 Å². The lowest BCUT2D eigenvalue weighted by Crippen LogP contribution is -2.28. The molecule has 1 saturated heterocycles. The minimum absolute atomic E-state index is 0.0917. The summed E-state index contributed by atoms with van der Waals surface area (Å²) in [7, 11) is 1.34. The van der Waals surface area contributed by atoms with Crippen molar-refractivity contribution in [2.75, 3.05) is 13.7 Å². The molecule has 0 atom stereocenters. The van der Waals surface area contributed by atoms with Crippen LogP contribution in [0.5, 0.6) is 0 Å². The SMILES string of the molecule is CCN1C(=O)/C(=C/c2ccc(C(=O)OC)cc2)S/C1=N/c1cccc(C)n1. The molecule has 138 valence electrons. The molecule has 2 heterocycles. The zero-order valence-electron chi connectivity index (χ0n) is 15.3. The van der Waals surface area contributed by atoms with Crippen LogP contribution in [0.4, 0.5) is 5.82 Å². The van der Waals surface area contributed by atoms with Crippen LogP contribution in [0.15, 0.2) is 52.4 Å². The third-order valence-corrected chi connectivity index (χ3v) is 4.92. The van der Waals surface area contributed by atoms with Gasteiger partial charge in [-0.3, -0.25) is 9.69 Å². The number of hydrogen-bond donors (Lipinski definition) is 0. The van der Waals surface area contributed by atoms with Crippen molar-refractivity contribution in [3.63, 3.8) is 0 Å². The molecule has 0 radical (unpaired) electrons. The van der Waals surface area contributed by atoms with E-state index in [1.165, 1.54) is 18.9 Å². The molecule has 3 rings (SSSR count). The molecule has 0 saturated carbocycles. The molecule has 1 aliphatic heterocycles. The smallest absolute Gasteiger partial charge is 0.337 e. The molecule has 0 aliphatic carbocycles. The second-order valence-electron chi connectivity index (χ2n) is 5.81. The van der Waals surface area contributed by atoms with Crippen LogP contribution in [-0.4, -0.2) is 40.6 Å². The lowest BCUT2D eigenvalue weighted by Gasteiger charge is -2.11. The van der Waals surface area contributed by atoms with Crippen LogP contribution >= 0.6 is 11.8 Å². The average Bonchev–Trinajstić information content (AvgIpc) is 2.96. The first-order valence-electron chi connectivity index (χ1n) is 8.44. The quantitative estimate of drug-likeness (QED) is 0.595. The van der Waals surface area contributed by atoms with Crippen molar-refractivity contribution in [3.05, 3.63) is 64.2 Å². The molecular formula is C20H19N3O3S. The van der Waals surface area contributed by atoms with E-state index in [0.717, 1.165) is 11.3 Å². The van der Waals surface area contributed by atoms with Gasteiger partial charge in [-0.2, -0.15) is 0 Å². The Morgan fingerprint density at radius 2 is 2.00 bits per heavy atom. The normalized spacial score (nSPS) is 17.0. The Bertz CT molecular complexity index is 936. The summed E-state index contributed by atoms with van der Waals surface area (Å²) >= 11 is 1.32. The summed E-state index contributed by atoms with van der Waals surface area (Å²) in [5, 5.41) is 0.609. The average molecular weight is 381 g/mol. The molecule has 6 nitrogen and oxygen atoms in total. The van der Waals surface area contributed by atoms with Gasteiger partial charge in [-0.25, -0.2) is 14.8 Å². The molecule has 1 aromatic carbocycles. The second-order valence-corrected chi connectivity index (χ2v) is 6.81. The van der Waals surface area contributed by atoms with Gasteiger partial charge in [0.25, 0.3) is 5.91 Å². The summed E-state index contributed by atoms with van der Waals surface area (Å²) in [5.74, 6) is 0.0936. The van der Waals surface area contributed by atoms with E-state index in [9.17, 15) is 9.59 Å². The highest BCUT2D eigenvalue weighted by Crippen LogP contribution is 2.33. The third kappa shape index (κ3) is 4.25. The molecule has 1 aromatic heterocycles. The first-order valence-corrected chi connectivity index (χ1v) is 9.25. The number of methoxy groups -OCH3 is 1. The Labute approximate surface area is 162 Å². The lowest BCUT2D eigenvalue weighted by atomic mass is 10.1. The number of hydrogen-bond acceptors (Lipinski definition) is 6. The van der Waals surface area contributed by atoms with Crippen LogP contribution in [0, 0.1) is 6.92 Å². The predicted octanol–water partition coefficient (Wildman–Crippen LogP) is 3.80. The maximum Gasteiger partial charge on any atom is 0.337 e. The number of benzene rings is 1. The number of thioether (sulfide) groups is 1. The molecule has 0 N–H and O–H groups in total. The second kappa shape index (κ2) is 8.18. The van der Waals surface area contributed by atoms with Gasteiger partial charge in [-0.1, -0.05) is 18.2 Å². The fourth-order valence-electron chi connectivity index (χ4n) is 2.54. The van der Waals surface area contributed by atoms with Crippen molar-refractivity contribution in [2.45, 2.75) is 13.8 Å². The summed E-state index contributed by atoms with van der Waals surface area (Å²) in [6, 6.07) is 12.5. The largest absolute Gasteiger partial charge is 0.465 e. The molecule has 1 fully saturated rings. The third-order valence-electron chi connectivity index (χ3n) is 3.92. The lowest BCUT2D eigenvalue weighted by molar-refractivity contribution is -0.122. The van der Waals surface area contributed by atoms with Crippen LogP contribution in [0.25, 0.3) is 6.08 Å².